The third-order valence-corrected chi connectivity index (χ3v) is 6.96. The van der Waals surface area contributed by atoms with Crippen LogP contribution in [0.25, 0.3) is 0 Å². The van der Waals surface area contributed by atoms with E-state index in [1.54, 1.807) is 21.9 Å². The summed E-state index contributed by atoms with van der Waals surface area (Å²) in [4.78, 5) is 28.2. The van der Waals surface area contributed by atoms with Gasteiger partial charge in [-0.3, -0.25) is 9.59 Å². The molecule has 1 heterocycles. The van der Waals surface area contributed by atoms with Gasteiger partial charge in [0.1, 0.15) is 0 Å². The maximum atomic E-state index is 13.0. The lowest BCUT2D eigenvalue weighted by Crippen LogP contribution is -2.39. The first-order valence-electron chi connectivity index (χ1n) is 9.90. The third kappa shape index (κ3) is 4.91. The van der Waals surface area contributed by atoms with E-state index < -0.39 is 10.0 Å². The summed E-state index contributed by atoms with van der Waals surface area (Å²) in [6.45, 7) is 10.4. The summed E-state index contributed by atoms with van der Waals surface area (Å²) in [5.74, 6) is -0.149. The first-order chi connectivity index (χ1) is 13.2. The molecule has 2 rings (SSSR count). The maximum Gasteiger partial charge on any atom is 0.253 e. The molecule has 0 N–H and O–H groups in total. The molecule has 0 bridgehead atoms. The Morgan fingerprint density at radius 2 is 1.61 bits per heavy atom. The van der Waals surface area contributed by atoms with Gasteiger partial charge in [0.2, 0.25) is 15.9 Å². The Balaban J connectivity index is 2.14. The van der Waals surface area contributed by atoms with Crippen LogP contribution in [0.4, 0.5) is 0 Å². The van der Waals surface area contributed by atoms with Crippen molar-refractivity contribution in [3.63, 3.8) is 0 Å². The van der Waals surface area contributed by atoms with E-state index in [9.17, 15) is 18.0 Å². The molecule has 156 valence electrons. The van der Waals surface area contributed by atoms with E-state index in [2.05, 4.69) is 0 Å². The zero-order chi connectivity index (χ0) is 20.9. The molecule has 0 atom stereocenters. The Labute approximate surface area is 168 Å². The van der Waals surface area contributed by atoms with Gasteiger partial charge in [-0.2, -0.15) is 4.31 Å². The second-order valence-electron chi connectivity index (χ2n) is 7.24. The van der Waals surface area contributed by atoms with Crippen molar-refractivity contribution in [2.75, 3.05) is 39.3 Å². The second-order valence-corrected chi connectivity index (χ2v) is 9.18. The van der Waals surface area contributed by atoms with Gasteiger partial charge in [-0.1, -0.05) is 13.8 Å². The molecule has 7 nitrogen and oxygen atoms in total. The van der Waals surface area contributed by atoms with Gasteiger partial charge in [0.05, 0.1) is 4.90 Å². The van der Waals surface area contributed by atoms with Crippen LogP contribution in [0.3, 0.4) is 0 Å². The summed E-state index contributed by atoms with van der Waals surface area (Å²) >= 11 is 0. The van der Waals surface area contributed by atoms with Gasteiger partial charge in [0.15, 0.2) is 0 Å². The number of nitrogens with zero attached hydrogens (tertiary/aromatic N) is 3. The Hall–Kier alpha value is -1.93. The standard InChI is InChI=1S/C20H31N3O4S/c1-5-21(6-2)20(25)17-8-10-18(11-9-17)28(26,27)23-13-7-12-22(14-15-23)19(24)16(3)4/h8-11,16H,5-7,12-15H2,1-4H3. The molecule has 8 heteroatoms. The minimum Gasteiger partial charge on any atom is -0.341 e. The average molecular weight is 410 g/mol. The van der Waals surface area contributed by atoms with Crippen molar-refractivity contribution in [1.82, 2.24) is 14.1 Å². The lowest BCUT2D eigenvalue weighted by atomic mass is 10.2. The van der Waals surface area contributed by atoms with Crippen LogP contribution >= 0.6 is 0 Å². The molecule has 28 heavy (non-hydrogen) atoms. The molecule has 1 aromatic rings. The molecule has 1 aliphatic heterocycles. The molecule has 1 aliphatic rings. The summed E-state index contributed by atoms with van der Waals surface area (Å²) in [5.41, 5.74) is 0.479. The highest BCUT2D eigenvalue weighted by Crippen LogP contribution is 2.19. The number of hydrogen-bond donors (Lipinski definition) is 0. The lowest BCUT2D eigenvalue weighted by molar-refractivity contribution is -0.134. The highest BCUT2D eigenvalue weighted by molar-refractivity contribution is 7.89. The fourth-order valence-electron chi connectivity index (χ4n) is 3.33. The topological polar surface area (TPSA) is 78.0 Å². The van der Waals surface area contributed by atoms with Crippen LogP contribution in [0.5, 0.6) is 0 Å². The quantitative estimate of drug-likeness (QED) is 0.720. The zero-order valence-corrected chi connectivity index (χ0v) is 18.0. The van der Waals surface area contributed by atoms with E-state index in [-0.39, 0.29) is 29.2 Å². The predicted molar refractivity (Wildman–Crippen MR) is 108 cm³/mol. The summed E-state index contributed by atoms with van der Waals surface area (Å²) in [5, 5.41) is 0. The van der Waals surface area contributed by atoms with Crippen molar-refractivity contribution in [2.24, 2.45) is 5.92 Å². The molecular formula is C20H31N3O4S. The SMILES string of the molecule is CCN(CC)C(=O)c1ccc(S(=O)(=O)N2CCCN(C(=O)C(C)C)CC2)cc1. The van der Waals surface area contributed by atoms with Crippen LogP contribution in [0.15, 0.2) is 29.2 Å². The van der Waals surface area contributed by atoms with Crippen molar-refractivity contribution < 1.29 is 18.0 Å². The summed E-state index contributed by atoms with van der Waals surface area (Å²) in [6, 6.07) is 6.13. The first kappa shape index (κ1) is 22.4. The van der Waals surface area contributed by atoms with Crippen LogP contribution in [-0.2, 0) is 14.8 Å². The van der Waals surface area contributed by atoms with Crippen LogP contribution in [0.1, 0.15) is 44.5 Å². The molecule has 0 spiro atoms. The monoisotopic (exact) mass is 409 g/mol. The molecule has 0 aromatic heterocycles. The van der Waals surface area contributed by atoms with Crippen molar-refractivity contribution in [1.29, 1.82) is 0 Å². The van der Waals surface area contributed by atoms with Gasteiger partial charge in [-0.05, 0) is 44.5 Å². The largest absolute Gasteiger partial charge is 0.341 e. The number of hydrogen-bond acceptors (Lipinski definition) is 4. The number of carbonyl (C=O) groups is 2. The van der Waals surface area contributed by atoms with Gasteiger partial charge in [-0.25, -0.2) is 8.42 Å². The molecule has 0 saturated carbocycles. The van der Waals surface area contributed by atoms with E-state index in [0.717, 1.165) is 0 Å². The van der Waals surface area contributed by atoms with E-state index in [4.69, 9.17) is 0 Å². The van der Waals surface area contributed by atoms with Gasteiger partial charge in [0, 0.05) is 50.7 Å². The van der Waals surface area contributed by atoms with Gasteiger partial charge in [0.25, 0.3) is 5.91 Å². The predicted octanol–water partition coefficient (Wildman–Crippen LogP) is 2.05. The Kier molecular flexibility index (Phi) is 7.60. The Bertz CT molecular complexity index is 786. The van der Waals surface area contributed by atoms with Gasteiger partial charge < -0.3 is 9.80 Å². The highest BCUT2D eigenvalue weighted by atomic mass is 32.2. The normalized spacial score (nSPS) is 16.1. The minimum absolute atomic E-state index is 0.0542. The molecule has 1 aromatic carbocycles. The zero-order valence-electron chi connectivity index (χ0n) is 17.2. The van der Waals surface area contributed by atoms with Crippen LogP contribution in [-0.4, -0.2) is 73.6 Å². The smallest absolute Gasteiger partial charge is 0.253 e. The van der Waals surface area contributed by atoms with E-state index in [1.807, 2.05) is 27.7 Å². The van der Waals surface area contributed by atoms with E-state index >= 15 is 0 Å². The summed E-state index contributed by atoms with van der Waals surface area (Å²) in [6.07, 6.45) is 0.607. The number of rotatable bonds is 6. The highest BCUT2D eigenvalue weighted by Gasteiger charge is 2.29. The molecular weight excluding hydrogens is 378 g/mol. The summed E-state index contributed by atoms with van der Waals surface area (Å²) in [7, 11) is -3.66. The molecule has 2 amide bonds. The third-order valence-electron chi connectivity index (χ3n) is 5.05. The number of amides is 2. The second kappa shape index (κ2) is 9.52. The molecule has 1 saturated heterocycles. The molecule has 0 aliphatic carbocycles. The first-order valence-corrected chi connectivity index (χ1v) is 11.3. The number of carbonyl (C=O) groups excluding carboxylic acids is 2. The van der Waals surface area contributed by atoms with Gasteiger partial charge in [-0.15, -0.1) is 0 Å². The lowest BCUT2D eigenvalue weighted by Gasteiger charge is -2.23. The summed E-state index contributed by atoms with van der Waals surface area (Å²) < 4.78 is 27.4. The number of sulfonamides is 1. The fourth-order valence-corrected chi connectivity index (χ4v) is 4.80. The molecule has 0 radical (unpaired) electrons. The van der Waals surface area contributed by atoms with E-state index in [0.29, 0.717) is 44.7 Å². The molecule has 1 fully saturated rings. The fraction of sp³-hybridized carbons (Fsp3) is 0.600. The maximum absolute atomic E-state index is 13.0. The van der Waals surface area contributed by atoms with Crippen molar-refractivity contribution in [3.05, 3.63) is 29.8 Å². The van der Waals surface area contributed by atoms with E-state index in [1.165, 1.54) is 16.4 Å². The van der Waals surface area contributed by atoms with Gasteiger partial charge >= 0.3 is 0 Å². The van der Waals surface area contributed by atoms with Crippen LogP contribution in [0, 0.1) is 5.92 Å². The Morgan fingerprint density at radius 3 is 2.14 bits per heavy atom. The minimum atomic E-state index is -3.66. The number of benzene rings is 1. The molecule has 0 unspecified atom stereocenters. The van der Waals surface area contributed by atoms with Crippen LogP contribution < -0.4 is 0 Å². The van der Waals surface area contributed by atoms with Crippen molar-refractivity contribution in [3.8, 4) is 0 Å². The van der Waals surface area contributed by atoms with Crippen molar-refractivity contribution >= 4 is 21.8 Å². The van der Waals surface area contributed by atoms with Crippen molar-refractivity contribution in [2.45, 2.75) is 39.0 Å². The Morgan fingerprint density at radius 1 is 1.00 bits per heavy atom. The van der Waals surface area contributed by atoms with Crippen LogP contribution in [0.2, 0.25) is 0 Å². The average Bonchev–Trinajstić information content (AvgIpc) is 2.95.